The monoisotopic (exact) mass is 495 g/mol. The van der Waals surface area contributed by atoms with Crippen LogP contribution in [0.25, 0.3) is 6.08 Å². The van der Waals surface area contributed by atoms with E-state index in [1.54, 1.807) is 18.2 Å². The molecule has 0 atom stereocenters. The Morgan fingerprint density at radius 2 is 1.86 bits per heavy atom. The maximum absolute atomic E-state index is 13.1. The highest BCUT2D eigenvalue weighted by Crippen LogP contribution is 2.30. The van der Waals surface area contributed by atoms with E-state index < -0.39 is 11.4 Å². The average molecular weight is 496 g/mol. The summed E-state index contributed by atoms with van der Waals surface area (Å²) in [5.74, 6) is 0.366. The molecule has 2 heterocycles. The van der Waals surface area contributed by atoms with Crippen LogP contribution in [-0.4, -0.2) is 67.1 Å². The maximum atomic E-state index is 13.1. The molecule has 0 radical (unpaired) electrons. The second-order valence-corrected chi connectivity index (χ2v) is 9.20. The first-order chi connectivity index (χ1) is 16.9. The molecule has 1 aromatic heterocycles. The van der Waals surface area contributed by atoms with Crippen molar-refractivity contribution in [1.29, 1.82) is 5.26 Å². The van der Waals surface area contributed by atoms with Gasteiger partial charge in [0.15, 0.2) is 0 Å². The van der Waals surface area contributed by atoms with Gasteiger partial charge in [0.1, 0.15) is 29.2 Å². The van der Waals surface area contributed by atoms with Gasteiger partial charge in [-0.3, -0.25) is 9.69 Å². The van der Waals surface area contributed by atoms with Crippen LogP contribution in [0.1, 0.15) is 37.9 Å². The van der Waals surface area contributed by atoms with E-state index in [0.717, 1.165) is 44.0 Å². The smallest absolute Gasteiger partial charge is 0.262 e. The van der Waals surface area contributed by atoms with Gasteiger partial charge in [-0.25, -0.2) is 4.98 Å². The number of aromatic nitrogens is 1. The van der Waals surface area contributed by atoms with Crippen LogP contribution in [0.3, 0.4) is 0 Å². The minimum Gasteiger partial charge on any atom is -0.492 e. The molecule has 7 nitrogen and oxygen atoms in total. The van der Waals surface area contributed by atoms with Crippen molar-refractivity contribution in [1.82, 2.24) is 20.1 Å². The predicted molar refractivity (Wildman–Crippen MR) is 139 cm³/mol. The molecule has 0 bridgehead atoms. The van der Waals surface area contributed by atoms with Gasteiger partial charge in [0.25, 0.3) is 5.91 Å². The van der Waals surface area contributed by atoms with Crippen LogP contribution < -0.4 is 10.1 Å². The summed E-state index contributed by atoms with van der Waals surface area (Å²) in [5.41, 5.74) is 0.809. The second-order valence-electron chi connectivity index (χ2n) is 8.82. The summed E-state index contributed by atoms with van der Waals surface area (Å²) in [6, 6.07) is 14.9. The van der Waals surface area contributed by atoms with Crippen molar-refractivity contribution < 1.29 is 9.53 Å². The number of ether oxygens (including phenoxy) is 1. The number of hydrogen-bond acceptors (Lipinski definition) is 6. The Labute approximate surface area is 213 Å². The van der Waals surface area contributed by atoms with E-state index in [1.165, 1.54) is 6.08 Å². The zero-order valence-electron chi connectivity index (χ0n) is 20.8. The first kappa shape index (κ1) is 26.7. The summed E-state index contributed by atoms with van der Waals surface area (Å²) >= 11 is 5.93. The number of benzene rings is 1. The summed E-state index contributed by atoms with van der Waals surface area (Å²) in [4.78, 5) is 22.0. The van der Waals surface area contributed by atoms with Crippen molar-refractivity contribution in [2.24, 2.45) is 0 Å². The van der Waals surface area contributed by atoms with Crippen LogP contribution in [0.15, 0.2) is 48.0 Å². The topological polar surface area (TPSA) is 81.5 Å². The zero-order valence-corrected chi connectivity index (χ0v) is 21.5. The van der Waals surface area contributed by atoms with Crippen LogP contribution >= 0.6 is 11.6 Å². The largest absolute Gasteiger partial charge is 0.492 e. The molecule has 0 saturated carbocycles. The maximum Gasteiger partial charge on any atom is 0.262 e. The minimum atomic E-state index is -0.604. The molecular weight excluding hydrogens is 462 g/mol. The fourth-order valence-electron chi connectivity index (χ4n) is 4.23. The molecule has 1 aliphatic heterocycles. The third kappa shape index (κ3) is 7.28. The Morgan fingerprint density at radius 1 is 1.17 bits per heavy atom. The highest BCUT2D eigenvalue weighted by atomic mass is 35.5. The van der Waals surface area contributed by atoms with Gasteiger partial charge in [0.2, 0.25) is 0 Å². The van der Waals surface area contributed by atoms with Crippen LogP contribution in [0, 0.1) is 11.3 Å². The van der Waals surface area contributed by atoms with E-state index in [1.807, 2.05) is 44.2 Å². The molecule has 1 amide bonds. The molecule has 1 saturated heterocycles. The summed E-state index contributed by atoms with van der Waals surface area (Å²) in [7, 11) is 2.15. The fourth-order valence-corrected chi connectivity index (χ4v) is 4.40. The number of nitrogens with one attached hydrogen (secondary N) is 1. The summed E-state index contributed by atoms with van der Waals surface area (Å²) < 4.78 is 5.97. The minimum absolute atomic E-state index is 0.0186. The van der Waals surface area contributed by atoms with Crippen molar-refractivity contribution in [3.63, 3.8) is 0 Å². The number of pyridine rings is 1. The van der Waals surface area contributed by atoms with Crippen LogP contribution in [0.2, 0.25) is 5.15 Å². The van der Waals surface area contributed by atoms with E-state index in [9.17, 15) is 10.1 Å². The van der Waals surface area contributed by atoms with Gasteiger partial charge in [-0.15, -0.1) is 0 Å². The van der Waals surface area contributed by atoms with Crippen LogP contribution in [-0.2, 0) is 10.3 Å². The van der Waals surface area contributed by atoms with E-state index in [4.69, 9.17) is 16.3 Å². The number of hydrogen-bond donors (Lipinski definition) is 1. The van der Waals surface area contributed by atoms with Gasteiger partial charge in [0, 0.05) is 32.7 Å². The highest BCUT2D eigenvalue weighted by Gasteiger charge is 2.31. The van der Waals surface area contributed by atoms with Crippen LogP contribution in [0.4, 0.5) is 0 Å². The second kappa shape index (κ2) is 12.7. The number of likely N-dealkylation sites (N-methyl/N-ethyl adjacent to an activating group) is 1. The zero-order chi connectivity index (χ0) is 25.3. The lowest BCUT2D eigenvalue weighted by molar-refractivity contribution is -0.119. The number of rotatable bonds is 10. The Balaban J connectivity index is 1.66. The van der Waals surface area contributed by atoms with Crippen molar-refractivity contribution in [3.8, 4) is 11.8 Å². The third-order valence-electron chi connectivity index (χ3n) is 6.63. The third-order valence-corrected chi connectivity index (χ3v) is 6.84. The predicted octanol–water partition coefficient (Wildman–Crippen LogP) is 4.10. The molecular formula is C27H34ClN5O2. The summed E-state index contributed by atoms with van der Waals surface area (Å²) in [6.45, 7) is 9.92. The van der Waals surface area contributed by atoms with Gasteiger partial charge in [-0.1, -0.05) is 43.6 Å². The van der Waals surface area contributed by atoms with Gasteiger partial charge >= 0.3 is 0 Å². The lowest BCUT2D eigenvalue weighted by Gasteiger charge is -2.34. The average Bonchev–Trinajstić information content (AvgIpc) is 2.87. The van der Waals surface area contributed by atoms with Crippen molar-refractivity contribution in [2.75, 3.05) is 46.4 Å². The molecule has 1 N–H and O–H groups in total. The number of nitrogens with zero attached hydrogens (tertiary/aromatic N) is 4. The molecule has 0 aliphatic carbocycles. The lowest BCUT2D eigenvalue weighted by atomic mass is 9.84. The Hall–Kier alpha value is -2.92. The SMILES string of the molecule is CCC(CC)(NC(=O)/C(C#N)=C/c1cccc(Cl)n1)c1ccc(OCCN2CCN(C)CC2)cc1. The van der Waals surface area contributed by atoms with E-state index in [-0.39, 0.29) is 5.57 Å². The first-order valence-electron chi connectivity index (χ1n) is 12.1. The van der Waals surface area contributed by atoms with Crippen molar-refractivity contribution in [3.05, 3.63) is 64.4 Å². The number of piperazine rings is 1. The molecule has 1 aromatic carbocycles. The number of halogens is 1. The molecule has 186 valence electrons. The fraction of sp³-hybridized carbons (Fsp3) is 0.444. The van der Waals surface area contributed by atoms with E-state index >= 15 is 0 Å². The molecule has 35 heavy (non-hydrogen) atoms. The van der Waals surface area contributed by atoms with Gasteiger partial charge < -0.3 is 15.0 Å². The standard InChI is InChI=1S/C27H34ClN5O2/c1-4-27(5-2,31-26(34)21(20-29)19-23-7-6-8-25(28)30-23)22-9-11-24(12-10-22)35-18-17-33-15-13-32(3)14-16-33/h6-12,19H,4-5,13-18H2,1-3H3,(H,31,34)/b21-19+. The summed E-state index contributed by atoms with van der Waals surface area (Å²) in [6.07, 6.45) is 2.80. The molecule has 0 spiro atoms. The molecule has 1 aliphatic rings. The van der Waals surface area contributed by atoms with Gasteiger partial charge in [0.05, 0.1) is 11.2 Å². The van der Waals surface area contributed by atoms with Crippen LogP contribution in [0.5, 0.6) is 5.75 Å². The number of carbonyl (C=O) groups is 1. The molecule has 8 heteroatoms. The highest BCUT2D eigenvalue weighted by molar-refractivity contribution is 6.29. The lowest BCUT2D eigenvalue weighted by Crippen LogP contribution is -2.45. The molecule has 0 unspecified atom stereocenters. The summed E-state index contributed by atoms with van der Waals surface area (Å²) in [5, 5.41) is 13.0. The quantitative estimate of drug-likeness (QED) is 0.303. The van der Waals surface area contributed by atoms with Gasteiger partial charge in [-0.2, -0.15) is 5.26 Å². The molecule has 3 rings (SSSR count). The van der Waals surface area contributed by atoms with E-state index in [0.29, 0.717) is 30.3 Å². The van der Waals surface area contributed by atoms with Crippen molar-refractivity contribution >= 4 is 23.6 Å². The number of amides is 1. The van der Waals surface area contributed by atoms with E-state index in [2.05, 4.69) is 27.1 Å². The molecule has 2 aromatic rings. The molecule has 1 fully saturated rings. The first-order valence-corrected chi connectivity index (χ1v) is 12.5. The number of nitriles is 1. The van der Waals surface area contributed by atoms with Crippen molar-refractivity contribution in [2.45, 2.75) is 32.2 Å². The Bertz CT molecular complexity index is 1050. The Morgan fingerprint density at radius 3 is 2.46 bits per heavy atom. The number of carbonyl (C=O) groups excluding carboxylic acids is 1. The normalized spacial score (nSPS) is 15.5. The Kier molecular flexibility index (Phi) is 9.67. The van der Waals surface area contributed by atoms with Gasteiger partial charge in [-0.05, 0) is 55.8 Å².